The van der Waals surface area contributed by atoms with Crippen molar-refractivity contribution in [1.29, 1.82) is 0 Å². The molecule has 0 heterocycles. The predicted molar refractivity (Wildman–Crippen MR) is 75.9 cm³/mol. The second-order valence-electron chi connectivity index (χ2n) is 4.42. The van der Waals surface area contributed by atoms with Crippen LogP contribution in [-0.4, -0.2) is 23.6 Å². The van der Waals surface area contributed by atoms with Gasteiger partial charge in [0, 0.05) is 0 Å². The zero-order valence-corrected chi connectivity index (χ0v) is 12.0. The van der Waals surface area contributed by atoms with Gasteiger partial charge in [0.2, 0.25) is 11.5 Å². The fraction of sp³-hybridized carbons (Fsp3) is 0.538. The maximum atomic E-state index is 11.0. The Balaban J connectivity index is 2.96. The SMILES string of the molecule is CCCCCCOc1cc([N+](=O)[O-])c(OC)cc1[15N+](=O)[O-]. The average molecular weight is 299 g/mol. The van der Waals surface area contributed by atoms with Gasteiger partial charge in [-0.3, -0.25) is 20.2 Å². The minimum Gasteiger partial charge on any atom is -0.490 e. The molecule has 8 heteroatoms. The molecule has 0 fully saturated rings. The van der Waals surface area contributed by atoms with Gasteiger partial charge in [-0.25, -0.2) is 0 Å². The summed E-state index contributed by atoms with van der Waals surface area (Å²) in [5.74, 6) is -0.269. The van der Waals surface area contributed by atoms with Crippen molar-refractivity contribution in [3.05, 3.63) is 32.4 Å². The lowest BCUT2D eigenvalue weighted by molar-refractivity contribution is -0.390. The molecule has 0 saturated carbocycles. The number of ether oxygens (including phenoxy) is 2. The molecule has 116 valence electrons. The molecule has 0 aliphatic carbocycles. The third-order valence-corrected chi connectivity index (χ3v) is 2.91. The van der Waals surface area contributed by atoms with Crippen LogP contribution in [0.25, 0.3) is 0 Å². The van der Waals surface area contributed by atoms with Gasteiger partial charge in [-0.05, 0) is 6.42 Å². The maximum absolute atomic E-state index is 11.0. The average Bonchev–Trinajstić information content (AvgIpc) is 2.45. The highest BCUT2D eigenvalue weighted by Crippen LogP contribution is 2.38. The molecule has 0 bridgehead atoms. The largest absolute Gasteiger partial charge is 0.490 e. The van der Waals surface area contributed by atoms with Crippen LogP contribution in [0.3, 0.4) is 0 Å². The molecule has 21 heavy (non-hydrogen) atoms. The van der Waals surface area contributed by atoms with E-state index in [1.165, 1.54) is 7.11 Å². The van der Waals surface area contributed by atoms with Crippen molar-refractivity contribution in [2.75, 3.05) is 13.7 Å². The number of hydrogen-bond donors (Lipinski definition) is 0. The van der Waals surface area contributed by atoms with Crippen LogP contribution in [0.4, 0.5) is 11.4 Å². The molecule has 0 N–H and O–H groups in total. The van der Waals surface area contributed by atoms with E-state index in [1.54, 1.807) is 0 Å². The van der Waals surface area contributed by atoms with Crippen LogP contribution in [0.1, 0.15) is 32.6 Å². The Morgan fingerprint density at radius 3 is 2.10 bits per heavy atom. The summed E-state index contributed by atoms with van der Waals surface area (Å²) in [7, 11) is 1.22. The summed E-state index contributed by atoms with van der Waals surface area (Å²) in [5, 5.41) is 21.9. The number of benzene rings is 1. The molecule has 1 aromatic carbocycles. The molecular formula is C13H18N2O6. The van der Waals surface area contributed by atoms with Crippen LogP contribution in [-0.2, 0) is 0 Å². The molecule has 0 saturated heterocycles. The Morgan fingerprint density at radius 1 is 1.00 bits per heavy atom. The molecule has 0 amide bonds. The summed E-state index contributed by atoms with van der Waals surface area (Å²) in [6.07, 6.45) is 3.80. The molecule has 8 nitrogen and oxygen atoms in total. The fourth-order valence-corrected chi connectivity index (χ4v) is 1.81. The van der Waals surface area contributed by atoms with Crippen LogP contribution in [0, 0.1) is 20.2 Å². The zero-order valence-electron chi connectivity index (χ0n) is 12.0. The van der Waals surface area contributed by atoms with Gasteiger partial charge < -0.3 is 9.47 Å². The highest BCUT2D eigenvalue weighted by atomic mass is 16.9. The first-order valence-corrected chi connectivity index (χ1v) is 6.64. The van der Waals surface area contributed by atoms with Gasteiger partial charge in [0.25, 0.3) is 0 Å². The van der Waals surface area contributed by atoms with Gasteiger partial charge in [0.05, 0.1) is 35.7 Å². The summed E-state index contributed by atoms with van der Waals surface area (Å²) >= 11 is 0. The monoisotopic (exact) mass is 299 g/mol. The van der Waals surface area contributed by atoms with Crippen molar-refractivity contribution >= 4 is 11.4 Å². The normalized spacial score (nSPS) is 10.2. The molecule has 0 aliphatic rings. The van der Waals surface area contributed by atoms with E-state index in [4.69, 9.17) is 9.47 Å². The Hall–Kier alpha value is -2.38. The van der Waals surface area contributed by atoms with E-state index in [2.05, 4.69) is 6.92 Å². The van der Waals surface area contributed by atoms with E-state index >= 15 is 0 Å². The van der Waals surface area contributed by atoms with Crippen molar-refractivity contribution < 1.29 is 19.3 Å². The second kappa shape index (κ2) is 8.03. The lowest BCUT2D eigenvalue weighted by atomic mass is 10.2. The van der Waals surface area contributed by atoms with E-state index in [0.29, 0.717) is 0 Å². The molecular weight excluding hydrogens is 281 g/mol. The van der Waals surface area contributed by atoms with Gasteiger partial charge in [-0.1, -0.05) is 26.2 Å². The lowest BCUT2D eigenvalue weighted by Crippen LogP contribution is -2.03. The molecule has 1 rings (SSSR count). The molecule has 0 atom stereocenters. The van der Waals surface area contributed by atoms with Gasteiger partial charge in [0.15, 0.2) is 0 Å². The van der Waals surface area contributed by atoms with Gasteiger partial charge in [0.1, 0.15) is 0 Å². The number of hydrogen-bond acceptors (Lipinski definition) is 6. The number of unbranched alkanes of at least 4 members (excludes halogenated alkanes) is 3. The minimum atomic E-state index is -0.660. The first kappa shape index (κ1) is 16.7. The van der Waals surface area contributed by atoms with Crippen LogP contribution >= 0.6 is 0 Å². The smallest absolute Gasteiger partial charge is 0.315 e. The van der Waals surface area contributed by atoms with Gasteiger partial charge >= 0.3 is 11.4 Å². The molecule has 0 spiro atoms. The number of nitro benzene ring substituents is 2. The minimum absolute atomic E-state index is 0.107. The summed E-state index contributed by atoms with van der Waals surface area (Å²) in [5.41, 5.74) is -0.695. The van der Waals surface area contributed by atoms with E-state index < -0.39 is 9.85 Å². The molecule has 0 aliphatic heterocycles. The van der Waals surface area contributed by atoms with Crippen LogP contribution in [0.15, 0.2) is 12.1 Å². The summed E-state index contributed by atoms with van der Waals surface area (Å²) < 4.78 is 10.1. The predicted octanol–water partition coefficient (Wildman–Crippen LogP) is 3.47. The van der Waals surface area contributed by atoms with Crippen molar-refractivity contribution in [2.24, 2.45) is 0 Å². The first-order chi connectivity index (χ1) is 10.0. The third-order valence-electron chi connectivity index (χ3n) is 2.91. The standard InChI is InChI=1S/C13H18N2O6/c1-3-4-5-6-7-21-13-9-10(14(16)17)12(20-2)8-11(13)15(18)19/h8-9H,3-7H2,1-2H3/i15+1. The summed E-state index contributed by atoms with van der Waals surface area (Å²) in [6, 6.07) is 2.05. The van der Waals surface area contributed by atoms with Crippen molar-refractivity contribution in [3.63, 3.8) is 0 Å². The molecule has 0 unspecified atom stereocenters. The van der Waals surface area contributed by atoms with Crippen LogP contribution in [0.2, 0.25) is 0 Å². The van der Waals surface area contributed by atoms with Gasteiger partial charge in [-0.15, -0.1) is 0 Å². The Bertz CT molecular complexity index is 518. The number of rotatable bonds is 9. The van der Waals surface area contributed by atoms with Crippen molar-refractivity contribution in [3.8, 4) is 11.5 Å². The van der Waals surface area contributed by atoms with E-state index in [-0.39, 0.29) is 29.5 Å². The lowest BCUT2D eigenvalue weighted by Gasteiger charge is -2.08. The second-order valence-corrected chi connectivity index (χ2v) is 4.42. The fourth-order valence-electron chi connectivity index (χ4n) is 1.81. The zero-order chi connectivity index (χ0) is 15.8. The molecule has 1 aromatic rings. The van der Waals surface area contributed by atoms with Crippen molar-refractivity contribution in [2.45, 2.75) is 32.6 Å². The highest BCUT2D eigenvalue weighted by molar-refractivity contribution is 5.61. The number of nitro groups is 2. The Kier molecular flexibility index (Phi) is 6.38. The first-order valence-electron chi connectivity index (χ1n) is 6.64. The Labute approximate surface area is 122 Å². The summed E-state index contributed by atoms with van der Waals surface area (Å²) in [6.45, 7) is 2.35. The molecule has 0 radical (unpaired) electrons. The van der Waals surface area contributed by atoms with Gasteiger partial charge in [-0.2, -0.15) is 0 Å². The number of nitrogens with zero attached hydrogens (tertiary/aromatic N) is 2. The molecule has 0 aromatic heterocycles. The van der Waals surface area contributed by atoms with Crippen molar-refractivity contribution in [1.82, 2.24) is 0 Å². The summed E-state index contributed by atoms with van der Waals surface area (Å²) in [4.78, 5) is 20.6. The van der Waals surface area contributed by atoms with E-state index in [1.807, 2.05) is 0 Å². The topological polar surface area (TPSA) is 105 Å². The Morgan fingerprint density at radius 2 is 1.57 bits per heavy atom. The highest BCUT2D eigenvalue weighted by Gasteiger charge is 2.25. The van der Waals surface area contributed by atoms with E-state index in [9.17, 15) is 20.2 Å². The number of methoxy groups -OCH3 is 1. The van der Waals surface area contributed by atoms with E-state index in [0.717, 1.165) is 37.8 Å². The van der Waals surface area contributed by atoms with Crippen LogP contribution < -0.4 is 9.47 Å². The maximum Gasteiger partial charge on any atom is 0.315 e. The third kappa shape index (κ3) is 4.59. The quantitative estimate of drug-likeness (QED) is 0.299. The van der Waals surface area contributed by atoms with Crippen LogP contribution in [0.5, 0.6) is 11.5 Å².